The molecule has 1 N–H and O–H groups in total. The molecule has 2 heterocycles. The predicted octanol–water partition coefficient (Wildman–Crippen LogP) is 2.39. The summed E-state index contributed by atoms with van der Waals surface area (Å²) in [4.78, 5) is 5.42. The van der Waals surface area contributed by atoms with E-state index in [1.807, 2.05) is 16.0 Å². The van der Waals surface area contributed by atoms with Crippen molar-refractivity contribution in [2.45, 2.75) is 30.7 Å². The van der Waals surface area contributed by atoms with Crippen LogP contribution in [-0.2, 0) is 6.61 Å². The number of aliphatic hydroxyl groups excluding tert-OH is 1. The van der Waals surface area contributed by atoms with Crippen molar-refractivity contribution < 1.29 is 5.11 Å². The Balaban J connectivity index is 2.47. The van der Waals surface area contributed by atoms with Crippen LogP contribution in [0.15, 0.2) is 16.6 Å². The second-order valence-corrected chi connectivity index (χ2v) is 5.68. The van der Waals surface area contributed by atoms with Crippen molar-refractivity contribution in [3.05, 3.63) is 17.3 Å². The highest BCUT2D eigenvalue weighted by Crippen LogP contribution is 2.28. The second-order valence-electron chi connectivity index (χ2n) is 3.24. The van der Waals surface area contributed by atoms with Gasteiger partial charge in [-0.25, -0.2) is 4.98 Å². The molecule has 0 atom stereocenters. The number of hydrogen-bond acceptors (Lipinski definition) is 4. The van der Waals surface area contributed by atoms with Crippen molar-refractivity contribution in [1.29, 1.82) is 0 Å². The molecule has 0 aliphatic heterocycles. The normalized spacial score (nSPS) is 11.7. The number of thiazole rings is 1. The van der Waals surface area contributed by atoms with E-state index in [-0.39, 0.29) is 6.61 Å². The molecule has 0 bridgehead atoms. The Hall–Kier alpha value is -0.520. The maximum absolute atomic E-state index is 9.27. The van der Waals surface area contributed by atoms with E-state index < -0.39 is 0 Å². The highest BCUT2D eigenvalue weighted by atomic mass is 32.2. The van der Waals surface area contributed by atoms with Crippen LogP contribution in [-0.4, -0.2) is 19.7 Å². The molecule has 14 heavy (non-hydrogen) atoms. The monoisotopic (exact) mass is 228 g/mol. The van der Waals surface area contributed by atoms with E-state index in [0.29, 0.717) is 5.25 Å². The largest absolute Gasteiger partial charge is 0.390 e. The number of fused-ring (bicyclic) bond motifs is 1. The first kappa shape index (κ1) is 10.0. The number of hydrogen-bond donors (Lipinski definition) is 1. The Bertz CT molecular complexity index is 433. The summed E-state index contributed by atoms with van der Waals surface area (Å²) in [5, 5.41) is 12.7. The van der Waals surface area contributed by atoms with Gasteiger partial charge in [-0.05, 0) is 0 Å². The third kappa shape index (κ3) is 1.67. The number of thioether (sulfide) groups is 1. The van der Waals surface area contributed by atoms with E-state index >= 15 is 0 Å². The molecular formula is C9H12N2OS2. The first-order chi connectivity index (χ1) is 6.72. The first-order valence-electron chi connectivity index (χ1n) is 4.44. The number of rotatable bonds is 3. The minimum Gasteiger partial charge on any atom is -0.390 e. The van der Waals surface area contributed by atoms with Crippen LogP contribution < -0.4 is 0 Å². The molecule has 0 saturated carbocycles. The van der Waals surface area contributed by atoms with Crippen LogP contribution in [0.3, 0.4) is 0 Å². The van der Waals surface area contributed by atoms with Gasteiger partial charge in [0.25, 0.3) is 0 Å². The van der Waals surface area contributed by atoms with Gasteiger partial charge < -0.3 is 5.11 Å². The molecule has 0 amide bonds. The summed E-state index contributed by atoms with van der Waals surface area (Å²) in [6.45, 7) is 4.30. The lowest BCUT2D eigenvalue weighted by Crippen LogP contribution is -1.93. The molecule has 0 saturated heterocycles. The standard InChI is InChI=1S/C9H12N2OS2/c1-6(2)14-8-7(5-12)11-3-4-13-9(11)10-8/h3-4,6,12H,5H2,1-2H3. The molecule has 0 aliphatic carbocycles. The van der Waals surface area contributed by atoms with Gasteiger partial charge in [0.2, 0.25) is 0 Å². The van der Waals surface area contributed by atoms with Crippen LogP contribution in [0.4, 0.5) is 0 Å². The Kier molecular flexibility index (Phi) is 2.80. The average Bonchev–Trinajstić information content (AvgIpc) is 2.62. The Labute approximate surface area is 90.8 Å². The lowest BCUT2D eigenvalue weighted by molar-refractivity contribution is 0.272. The van der Waals surface area contributed by atoms with Crippen LogP contribution in [0.25, 0.3) is 4.96 Å². The molecule has 0 fully saturated rings. The highest BCUT2D eigenvalue weighted by Gasteiger charge is 2.13. The van der Waals surface area contributed by atoms with E-state index in [4.69, 9.17) is 0 Å². The number of aliphatic hydroxyl groups is 1. The van der Waals surface area contributed by atoms with E-state index in [0.717, 1.165) is 15.7 Å². The van der Waals surface area contributed by atoms with Crippen molar-refractivity contribution in [2.75, 3.05) is 0 Å². The van der Waals surface area contributed by atoms with Gasteiger partial charge in [0.1, 0.15) is 5.03 Å². The fourth-order valence-electron chi connectivity index (χ4n) is 1.27. The minimum atomic E-state index is 0.0486. The molecule has 2 rings (SSSR count). The summed E-state index contributed by atoms with van der Waals surface area (Å²) in [5.74, 6) is 0. The molecule has 2 aromatic rings. The molecule has 0 spiro atoms. The maximum atomic E-state index is 9.27. The fraction of sp³-hybridized carbons (Fsp3) is 0.444. The van der Waals surface area contributed by atoms with E-state index in [1.165, 1.54) is 0 Å². The third-order valence-electron chi connectivity index (χ3n) is 1.82. The first-order valence-corrected chi connectivity index (χ1v) is 6.20. The van der Waals surface area contributed by atoms with Gasteiger partial charge in [-0.3, -0.25) is 4.40 Å². The van der Waals surface area contributed by atoms with Crippen molar-refractivity contribution in [1.82, 2.24) is 9.38 Å². The molecule has 76 valence electrons. The SMILES string of the molecule is CC(C)Sc1nc2sccn2c1CO. The van der Waals surface area contributed by atoms with Gasteiger partial charge in [-0.2, -0.15) is 0 Å². The van der Waals surface area contributed by atoms with E-state index in [1.54, 1.807) is 23.1 Å². The number of aromatic nitrogens is 2. The predicted molar refractivity (Wildman–Crippen MR) is 60.0 cm³/mol. The van der Waals surface area contributed by atoms with Crippen LogP contribution >= 0.6 is 23.1 Å². The molecule has 2 aromatic heterocycles. The molecule has 5 heteroatoms. The van der Waals surface area contributed by atoms with Crippen molar-refractivity contribution in [3.63, 3.8) is 0 Å². The number of imidazole rings is 1. The van der Waals surface area contributed by atoms with Gasteiger partial charge in [0.05, 0.1) is 12.3 Å². The topological polar surface area (TPSA) is 37.5 Å². The van der Waals surface area contributed by atoms with Crippen molar-refractivity contribution >= 4 is 28.1 Å². The maximum Gasteiger partial charge on any atom is 0.195 e. The summed E-state index contributed by atoms with van der Waals surface area (Å²) in [6.07, 6.45) is 1.95. The molecule has 3 nitrogen and oxygen atoms in total. The summed E-state index contributed by atoms with van der Waals surface area (Å²) in [6, 6.07) is 0. The van der Waals surface area contributed by atoms with Crippen molar-refractivity contribution in [3.8, 4) is 0 Å². The number of nitrogens with zero attached hydrogens (tertiary/aromatic N) is 2. The third-order valence-corrected chi connectivity index (χ3v) is 3.60. The van der Waals surface area contributed by atoms with Gasteiger partial charge in [0, 0.05) is 16.8 Å². The average molecular weight is 228 g/mol. The minimum absolute atomic E-state index is 0.0486. The van der Waals surface area contributed by atoms with Gasteiger partial charge in [0.15, 0.2) is 4.96 Å². The molecule has 0 unspecified atom stereocenters. The van der Waals surface area contributed by atoms with Crippen LogP contribution in [0.5, 0.6) is 0 Å². The van der Waals surface area contributed by atoms with Crippen LogP contribution in [0, 0.1) is 0 Å². The summed E-state index contributed by atoms with van der Waals surface area (Å²) < 4.78 is 1.95. The second kappa shape index (κ2) is 3.92. The van der Waals surface area contributed by atoms with Crippen LogP contribution in [0.1, 0.15) is 19.5 Å². The van der Waals surface area contributed by atoms with Gasteiger partial charge in [-0.1, -0.05) is 13.8 Å². The molecule has 0 aromatic carbocycles. The van der Waals surface area contributed by atoms with Gasteiger partial charge >= 0.3 is 0 Å². The van der Waals surface area contributed by atoms with E-state index in [9.17, 15) is 5.11 Å². The fourth-order valence-corrected chi connectivity index (χ4v) is 2.95. The summed E-state index contributed by atoms with van der Waals surface area (Å²) in [7, 11) is 0. The quantitative estimate of drug-likeness (QED) is 0.820. The lowest BCUT2D eigenvalue weighted by atomic mass is 10.5. The van der Waals surface area contributed by atoms with Crippen LogP contribution in [0.2, 0.25) is 0 Å². The van der Waals surface area contributed by atoms with Gasteiger partial charge in [-0.15, -0.1) is 23.1 Å². The van der Waals surface area contributed by atoms with Crippen molar-refractivity contribution in [2.24, 2.45) is 0 Å². The smallest absolute Gasteiger partial charge is 0.195 e. The Morgan fingerprint density at radius 2 is 2.43 bits per heavy atom. The molecule has 0 aliphatic rings. The highest BCUT2D eigenvalue weighted by molar-refractivity contribution is 7.99. The zero-order valence-corrected chi connectivity index (χ0v) is 9.73. The molecular weight excluding hydrogens is 216 g/mol. The Morgan fingerprint density at radius 3 is 3.07 bits per heavy atom. The zero-order chi connectivity index (χ0) is 10.1. The Morgan fingerprint density at radius 1 is 1.64 bits per heavy atom. The summed E-state index contributed by atoms with van der Waals surface area (Å²) >= 11 is 3.29. The summed E-state index contributed by atoms with van der Waals surface area (Å²) in [5.41, 5.74) is 0.903. The van der Waals surface area contributed by atoms with E-state index in [2.05, 4.69) is 18.8 Å². The lowest BCUT2D eigenvalue weighted by Gasteiger charge is -2.02. The molecule has 0 radical (unpaired) electrons. The zero-order valence-electron chi connectivity index (χ0n) is 8.10.